The Morgan fingerprint density at radius 1 is 1.83 bits per heavy atom. The highest BCUT2D eigenvalue weighted by molar-refractivity contribution is 4.85. The Hall–Kier alpha value is -0.570. The van der Waals surface area contributed by atoms with Crippen LogP contribution in [0.15, 0.2) is 12.3 Å². The fourth-order valence-electron chi connectivity index (χ4n) is 0.332. The van der Waals surface area contributed by atoms with E-state index in [2.05, 4.69) is 5.43 Å². The fraction of sp³-hybridized carbons (Fsp3) is 0.333. The second-order valence-corrected chi connectivity index (χ2v) is 1.08. The number of nitrogens with zero attached hydrogens (tertiary/aromatic N) is 1. The van der Waals surface area contributed by atoms with Gasteiger partial charge in [0.2, 0.25) is 0 Å². The molecule has 0 radical (unpaired) electrons. The molecular weight excluding hydrogens is 83.0 g/mol. The third-order valence-electron chi connectivity index (χ3n) is 0.598. The molecule has 3 heteroatoms. The summed E-state index contributed by atoms with van der Waals surface area (Å²) < 4.78 is 11.6. The van der Waals surface area contributed by atoms with Crippen molar-refractivity contribution in [2.75, 3.05) is 6.54 Å². The smallest absolute Gasteiger partial charge is 0.0702 e. The van der Waals surface area contributed by atoms with E-state index < -0.39 is 0 Å². The van der Waals surface area contributed by atoms with Crippen LogP contribution in [0.2, 0.25) is 0 Å². The molecule has 0 aromatic rings. The summed E-state index contributed by atoms with van der Waals surface area (Å²) in [5.41, 5.74) is 2.31. The minimum Gasteiger partial charge on any atom is -0.299 e. The zero-order chi connectivity index (χ0) is 4.41. The molecule has 0 atom stereocenters. The average Bonchev–Trinajstić information content (AvgIpc) is 1.86. The van der Waals surface area contributed by atoms with Crippen LogP contribution in [0.4, 0.5) is 4.48 Å². The molecule has 0 bridgehead atoms. The minimum atomic E-state index is 0.361. The summed E-state index contributed by atoms with van der Waals surface area (Å²) in [6.45, 7) is 0.361. The topological polar surface area (TPSA) is 15.3 Å². The molecule has 2 nitrogen and oxygen atoms in total. The second-order valence-electron chi connectivity index (χ2n) is 1.08. The van der Waals surface area contributed by atoms with Gasteiger partial charge in [-0.1, -0.05) is 5.23 Å². The first kappa shape index (κ1) is 3.61. The Labute approximate surface area is 35.2 Å². The van der Waals surface area contributed by atoms with E-state index in [0.717, 1.165) is 0 Å². The van der Waals surface area contributed by atoms with Crippen LogP contribution < -0.4 is 5.43 Å². The van der Waals surface area contributed by atoms with E-state index in [9.17, 15) is 4.48 Å². The monoisotopic (exact) mass is 88.0 g/mol. The van der Waals surface area contributed by atoms with Crippen LogP contribution in [0.3, 0.4) is 0 Å². The fourth-order valence-corrected chi connectivity index (χ4v) is 0.332. The number of hydrogen-bond acceptors (Lipinski definition) is 2. The van der Waals surface area contributed by atoms with E-state index in [0.29, 0.717) is 11.8 Å². The summed E-state index contributed by atoms with van der Waals surface area (Å²) in [6.07, 6.45) is 3.25. The number of hydrazine groups is 1. The zero-order valence-corrected chi connectivity index (χ0v) is 3.19. The van der Waals surface area contributed by atoms with Crippen LogP contribution >= 0.6 is 0 Å². The molecule has 0 amide bonds. The highest BCUT2D eigenvalue weighted by atomic mass is 19.2. The number of halogens is 1. The van der Waals surface area contributed by atoms with Crippen molar-refractivity contribution < 1.29 is 4.48 Å². The van der Waals surface area contributed by atoms with Gasteiger partial charge in [0.25, 0.3) is 0 Å². The molecule has 0 saturated heterocycles. The maximum Gasteiger partial charge on any atom is 0.0702 e. The first-order valence-electron chi connectivity index (χ1n) is 1.74. The maximum atomic E-state index is 11.6. The van der Waals surface area contributed by atoms with Gasteiger partial charge in [0.05, 0.1) is 6.54 Å². The molecule has 1 heterocycles. The largest absolute Gasteiger partial charge is 0.299 e. The zero-order valence-electron chi connectivity index (χ0n) is 3.19. The van der Waals surface area contributed by atoms with Crippen molar-refractivity contribution >= 4 is 0 Å². The van der Waals surface area contributed by atoms with Crippen molar-refractivity contribution in [1.82, 2.24) is 10.7 Å². The molecule has 34 valence electrons. The molecule has 0 saturated carbocycles. The lowest BCUT2D eigenvalue weighted by Gasteiger charge is -1.97. The quantitative estimate of drug-likeness (QED) is 0.426. The van der Waals surface area contributed by atoms with Gasteiger partial charge in [0.1, 0.15) is 0 Å². The SMILES string of the molecule is FN1CC=CN1. The highest BCUT2D eigenvalue weighted by Gasteiger charge is 1.98. The van der Waals surface area contributed by atoms with E-state index in [-0.39, 0.29) is 0 Å². The first-order valence-corrected chi connectivity index (χ1v) is 1.74. The van der Waals surface area contributed by atoms with Crippen molar-refractivity contribution in [3.63, 3.8) is 0 Å². The predicted molar refractivity (Wildman–Crippen MR) is 20.1 cm³/mol. The summed E-state index contributed by atoms with van der Waals surface area (Å²) in [4.78, 5) is 0. The second kappa shape index (κ2) is 1.26. The molecule has 0 aromatic heterocycles. The molecule has 6 heavy (non-hydrogen) atoms. The van der Waals surface area contributed by atoms with Crippen molar-refractivity contribution in [2.24, 2.45) is 0 Å². The third kappa shape index (κ3) is 0.490. The van der Waals surface area contributed by atoms with Gasteiger partial charge >= 0.3 is 0 Å². The van der Waals surface area contributed by atoms with E-state index >= 15 is 0 Å². The minimum absolute atomic E-state index is 0.361. The molecule has 0 aliphatic carbocycles. The van der Waals surface area contributed by atoms with Gasteiger partial charge in [-0.2, -0.15) is 0 Å². The van der Waals surface area contributed by atoms with Crippen LogP contribution in [0.25, 0.3) is 0 Å². The van der Waals surface area contributed by atoms with Crippen molar-refractivity contribution in [2.45, 2.75) is 0 Å². The van der Waals surface area contributed by atoms with Gasteiger partial charge in [-0.15, -0.1) is 4.48 Å². The van der Waals surface area contributed by atoms with Gasteiger partial charge < -0.3 is 0 Å². The molecule has 1 aliphatic heterocycles. The van der Waals surface area contributed by atoms with Gasteiger partial charge in [-0.05, 0) is 6.08 Å². The predicted octanol–water partition coefficient (Wildman–Crippen LogP) is 0.205. The number of hydrogen-bond donors (Lipinski definition) is 1. The molecular formula is C3H5FN2. The molecule has 0 fully saturated rings. The Balaban J connectivity index is 2.32. The van der Waals surface area contributed by atoms with Crippen LogP contribution in [-0.2, 0) is 0 Å². The third-order valence-corrected chi connectivity index (χ3v) is 0.598. The summed E-state index contributed by atoms with van der Waals surface area (Å²) in [6, 6.07) is 0. The molecule has 0 aromatic carbocycles. The van der Waals surface area contributed by atoms with Crippen LogP contribution in [0, 0.1) is 0 Å². The van der Waals surface area contributed by atoms with E-state index in [1.54, 1.807) is 12.3 Å². The summed E-state index contributed by atoms with van der Waals surface area (Å²) >= 11 is 0. The van der Waals surface area contributed by atoms with E-state index in [4.69, 9.17) is 0 Å². The molecule has 1 rings (SSSR count). The summed E-state index contributed by atoms with van der Waals surface area (Å²) in [5.74, 6) is 0. The summed E-state index contributed by atoms with van der Waals surface area (Å²) in [5, 5.41) is 0.500. The van der Waals surface area contributed by atoms with Crippen molar-refractivity contribution in [3.8, 4) is 0 Å². The van der Waals surface area contributed by atoms with Crippen molar-refractivity contribution in [1.29, 1.82) is 0 Å². The lowest BCUT2D eigenvalue weighted by Crippen LogP contribution is -2.19. The van der Waals surface area contributed by atoms with Gasteiger partial charge in [0, 0.05) is 6.20 Å². The lowest BCUT2D eigenvalue weighted by molar-refractivity contribution is 0.0103. The van der Waals surface area contributed by atoms with Gasteiger partial charge in [0.15, 0.2) is 0 Å². The maximum absolute atomic E-state index is 11.6. The van der Waals surface area contributed by atoms with E-state index in [1.807, 2.05) is 0 Å². The Bertz CT molecular complexity index is 63.2. The Morgan fingerprint density at radius 2 is 2.67 bits per heavy atom. The lowest BCUT2D eigenvalue weighted by atomic mass is 10.7. The number of nitrogens with one attached hydrogen (secondary N) is 1. The molecule has 1 N–H and O–H groups in total. The molecule has 0 spiro atoms. The average molecular weight is 88.1 g/mol. The molecule has 0 unspecified atom stereocenters. The summed E-state index contributed by atoms with van der Waals surface area (Å²) in [7, 11) is 0. The standard InChI is InChI=1S/C3H5FN2/c4-6-3-1-2-5-6/h1-2,5H,3H2. The van der Waals surface area contributed by atoms with Gasteiger partial charge in [-0.25, -0.2) is 0 Å². The van der Waals surface area contributed by atoms with Crippen LogP contribution in [0.5, 0.6) is 0 Å². The highest BCUT2D eigenvalue weighted by Crippen LogP contribution is 1.88. The number of rotatable bonds is 0. The molecule has 1 aliphatic rings. The Morgan fingerprint density at radius 3 is 2.83 bits per heavy atom. The van der Waals surface area contributed by atoms with Crippen molar-refractivity contribution in [3.05, 3.63) is 12.3 Å². The normalized spacial score (nSPS) is 21.5. The first-order chi connectivity index (χ1) is 2.89. The Kier molecular flexibility index (Phi) is 0.759. The van der Waals surface area contributed by atoms with Gasteiger partial charge in [-0.3, -0.25) is 5.43 Å². The van der Waals surface area contributed by atoms with Crippen LogP contribution in [0.1, 0.15) is 0 Å². The van der Waals surface area contributed by atoms with E-state index in [1.165, 1.54) is 0 Å². The van der Waals surface area contributed by atoms with Crippen LogP contribution in [-0.4, -0.2) is 11.8 Å².